The molecule has 3 N–H and O–H groups in total. The molecule has 3 rings (SSSR count). The quantitative estimate of drug-likeness (QED) is 0.726. The number of anilines is 1. The summed E-state index contributed by atoms with van der Waals surface area (Å²) in [4.78, 5) is 0. The molecule has 0 spiro atoms. The zero-order valence-corrected chi connectivity index (χ0v) is 12.7. The van der Waals surface area contributed by atoms with Gasteiger partial charge in [0.1, 0.15) is 0 Å². The lowest BCUT2D eigenvalue weighted by Crippen LogP contribution is -1.92. The molecule has 0 unspecified atom stereocenters. The van der Waals surface area contributed by atoms with E-state index in [2.05, 4.69) is 29.3 Å². The first-order valence-electron chi connectivity index (χ1n) is 6.75. The summed E-state index contributed by atoms with van der Waals surface area (Å²) in [6.45, 7) is 4.06. The number of rotatable bonds is 2. The SMILES string of the molecule is Cc1ccccc1-c1c(N)n[nH]c1-c1cccc(Cl)c1C. The van der Waals surface area contributed by atoms with Crippen LogP contribution in [0.15, 0.2) is 42.5 Å². The number of aromatic nitrogens is 2. The highest BCUT2D eigenvalue weighted by Crippen LogP contribution is 2.38. The Labute approximate surface area is 128 Å². The number of nitrogens with zero attached hydrogens (tertiary/aromatic N) is 1. The molecular weight excluding hydrogens is 282 g/mol. The van der Waals surface area contributed by atoms with Gasteiger partial charge in [-0.05, 0) is 36.6 Å². The summed E-state index contributed by atoms with van der Waals surface area (Å²) in [7, 11) is 0. The molecule has 2 aromatic carbocycles. The fourth-order valence-electron chi connectivity index (χ4n) is 2.56. The lowest BCUT2D eigenvalue weighted by Gasteiger charge is -2.10. The van der Waals surface area contributed by atoms with Crippen molar-refractivity contribution in [3.8, 4) is 22.4 Å². The Morgan fingerprint density at radius 2 is 1.71 bits per heavy atom. The van der Waals surface area contributed by atoms with Crippen LogP contribution in [0.5, 0.6) is 0 Å². The zero-order valence-electron chi connectivity index (χ0n) is 11.9. The second kappa shape index (κ2) is 5.26. The minimum absolute atomic E-state index is 0.499. The van der Waals surface area contributed by atoms with Crippen LogP contribution >= 0.6 is 11.6 Å². The molecule has 0 bridgehead atoms. The first-order chi connectivity index (χ1) is 10.1. The molecule has 0 fully saturated rings. The highest BCUT2D eigenvalue weighted by molar-refractivity contribution is 6.31. The highest BCUT2D eigenvalue weighted by atomic mass is 35.5. The van der Waals surface area contributed by atoms with Crippen molar-refractivity contribution in [2.24, 2.45) is 0 Å². The summed E-state index contributed by atoms with van der Waals surface area (Å²) in [5.74, 6) is 0.499. The third kappa shape index (κ3) is 2.30. The van der Waals surface area contributed by atoms with Crippen LogP contribution in [0.25, 0.3) is 22.4 Å². The van der Waals surface area contributed by atoms with E-state index in [-0.39, 0.29) is 0 Å². The predicted molar refractivity (Wildman–Crippen MR) is 88.4 cm³/mol. The zero-order chi connectivity index (χ0) is 15.0. The third-order valence-electron chi connectivity index (χ3n) is 3.75. The van der Waals surface area contributed by atoms with Crippen LogP contribution in [0.2, 0.25) is 5.02 Å². The van der Waals surface area contributed by atoms with Crippen molar-refractivity contribution >= 4 is 17.4 Å². The number of nitrogens with two attached hydrogens (primary N) is 1. The smallest absolute Gasteiger partial charge is 0.153 e. The maximum atomic E-state index is 6.23. The molecule has 0 aliphatic heterocycles. The molecule has 0 atom stereocenters. The maximum Gasteiger partial charge on any atom is 0.153 e. The highest BCUT2D eigenvalue weighted by Gasteiger charge is 2.18. The molecule has 4 heteroatoms. The van der Waals surface area contributed by atoms with Crippen molar-refractivity contribution in [1.82, 2.24) is 10.2 Å². The summed E-state index contributed by atoms with van der Waals surface area (Å²) in [5, 5.41) is 7.97. The molecule has 3 aromatic rings. The van der Waals surface area contributed by atoms with Gasteiger partial charge in [-0.2, -0.15) is 5.10 Å². The normalized spacial score (nSPS) is 10.8. The summed E-state index contributed by atoms with van der Waals surface area (Å²) in [6, 6.07) is 14.0. The van der Waals surface area contributed by atoms with Crippen molar-refractivity contribution in [3.63, 3.8) is 0 Å². The minimum atomic E-state index is 0.499. The summed E-state index contributed by atoms with van der Waals surface area (Å²) in [5.41, 5.74) is 12.2. The Morgan fingerprint density at radius 3 is 2.48 bits per heavy atom. The average molecular weight is 298 g/mol. The van der Waals surface area contributed by atoms with E-state index in [1.165, 1.54) is 0 Å². The van der Waals surface area contributed by atoms with Gasteiger partial charge >= 0.3 is 0 Å². The largest absolute Gasteiger partial charge is 0.382 e. The fraction of sp³-hybridized carbons (Fsp3) is 0.118. The van der Waals surface area contributed by atoms with E-state index < -0.39 is 0 Å². The second-order valence-corrected chi connectivity index (χ2v) is 5.49. The molecule has 0 amide bonds. The van der Waals surface area contributed by atoms with Gasteiger partial charge in [0.05, 0.1) is 11.3 Å². The van der Waals surface area contributed by atoms with E-state index in [0.29, 0.717) is 5.82 Å². The predicted octanol–water partition coefficient (Wildman–Crippen LogP) is 4.60. The Kier molecular flexibility index (Phi) is 3.43. The van der Waals surface area contributed by atoms with E-state index in [0.717, 1.165) is 38.5 Å². The molecular formula is C17H16ClN3. The van der Waals surface area contributed by atoms with E-state index >= 15 is 0 Å². The number of H-pyrrole nitrogens is 1. The molecule has 21 heavy (non-hydrogen) atoms. The molecule has 0 radical (unpaired) electrons. The van der Waals surface area contributed by atoms with Crippen molar-refractivity contribution in [3.05, 3.63) is 58.6 Å². The number of aryl methyl sites for hydroxylation is 1. The van der Waals surface area contributed by atoms with Gasteiger partial charge in [-0.3, -0.25) is 5.10 Å². The Morgan fingerprint density at radius 1 is 1.00 bits per heavy atom. The van der Waals surface area contributed by atoms with Crippen LogP contribution in [-0.4, -0.2) is 10.2 Å². The van der Waals surface area contributed by atoms with Crippen molar-refractivity contribution in [2.75, 3.05) is 5.73 Å². The summed E-state index contributed by atoms with van der Waals surface area (Å²) >= 11 is 6.23. The van der Waals surface area contributed by atoms with Gasteiger partial charge in [0.15, 0.2) is 5.82 Å². The van der Waals surface area contributed by atoms with Crippen molar-refractivity contribution < 1.29 is 0 Å². The molecule has 0 aliphatic carbocycles. The first kappa shape index (κ1) is 13.7. The van der Waals surface area contributed by atoms with Gasteiger partial charge in [0.25, 0.3) is 0 Å². The van der Waals surface area contributed by atoms with Gasteiger partial charge in [0, 0.05) is 10.6 Å². The van der Waals surface area contributed by atoms with Crippen molar-refractivity contribution in [2.45, 2.75) is 13.8 Å². The third-order valence-corrected chi connectivity index (χ3v) is 4.16. The van der Waals surface area contributed by atoms with Gasteiger partial charge < -0.3 is 5.73 Å². The molecule has 3 nitrogen and oxygen atoms in total. The van der Waals surface area contributed by atoms with E-state index in [9.17, 15) is 0 Å². The lowest BCUT2D eigenvalue weighted by molar-refractivity contribution is 1.10. The lowest BCUT2D eigenvalue weighted by atomic mass is 9.95. The van der Waals surface area contributed by atoms with Crippen LogP contribution in [-0.2, 0) is 0 Å². The van der Waals surface area contributed by atoms with Crippen LogP contribution in [0.1, 0.15) is 11.1 Å². The minimum Gasteiger partial charge on any atom is -0.382 e. The van der Waals surface area contributed by atoms with Gasteiger partial charge in [0.2, 0.25) is 0 Å². The van der Waals surface area contributed by atoms with Gasteiger partial charge in [-0.25, -0.2) is 0 Å². The van der Waals surface area contributed by atoms with Gasteiger partial charge in [-0.1, -0.05) is 48.0 Å². The molecule has 106 valence electrons. The van der Waals surface area contributed by atoms with Crippen LogP contribution in [0.4, 0.5) is 5.82 Å². The van der Waals surface area contributed by atoms with Crippen LogP contribution in [0.3, 0.4) is 0 Å². The number of hydrogen-bond donors (Lipinski definition) is 2. The van der Waals surface area contributed by atoms with Gasteiger partial charge in [-0.15, -0.1) is 0 Å². The number of nitrogen functional groups attached to an aromatic ring is 1. The molecule has 0 aliphatic rings. The maximum absolute atomic E-state index is 6.23. The standard InChI is InChI=1S/C17H16ClN3/c1-10-6-3-4-7-12(10)15-16(20-21-17(15)19)13-8-5-9-14(18)11(13)2/h3-9H,1-2H3,(H3,19,20,21). The molecule has 0 saturated heterocycles. The monoisotopic (exact) mass is 297 g/mol. The fourth-order valence-corrected chi connectivity index (χ4v) is 2.73. The average Bonchev–Trinajstić information content (AvgIpc) is 2.84. The summed E-state index contributed by atoms with van der Waals surface area (Å²) in [6.07, 6.45) is 0. The molecule has 1 aromatic heterocycles. The Balaban J connectivity index is 2.28. The van der Waals surface area contributed by atoms with E-state index in [1.807, 2.05) is 37.3 Å². The van der Waals surface area contributed by atoms with E-state index in [4.69, 9.17) is 17.3 Å². The Hall–Kier alpha value is -2.26. The van der Waals surface area contributed by atoms with Crippen LogP contribution in [0, 0.1) is 13.8 Å². The second-order valence-electron chi connectivity index (χ2n) is 5.09. The number of aromatic amines is 1. The number of hydrogen-bond acceptors (Lipinski definition) is 2. The first-order valence-corrected chi connectivity index (χ1v) is 7.12. The summed E-state index contributed by atoms with van der Waals surface area (Å²) < 4.78 is 0. The Bertz CT molecular complexity index is 806. The van der Waals surface area contributed by atoms with Crippen LogP contribution < -0.4 is 5.73 Å². The van der Waals surface area contributed by atoms with Crippen molar-refractivity contribution in [1.29, 1.82) is 0 Å². The number of halogens is 1. The van der Waals surface area contributed by atoms with E-state index in [1.54, 1.807) is 0 Å². The topological polar surface area (TPSA) is 54.7 Å². The molecule has 0 saturated carbocycles. The molecule has 1 heterocycles. The number of benzene rings is 2. The number of nitrogens with one attached hydrogen (secondary N) is 1.